The van der Waals surface area contributed by atoms with E-state index in [1.165, 1.54) is 23.5 Å². The summed E-state index contributed by atoms with van der Waals surface area (Å²) < 4.78 is 12.8. The standard InChI is InChI=1S/C14H15FN2OS/c1-8(11-4-6-12(15)7-5-11)17-14(18)13-9(2)16-10(3)19-13/h4-8H,1-3H3,(H,17,18). The van der Waals surface area contributed by atoms with Gasteiger partial charge in [-0.1, -0.05) is 12.1 Å². The smallest absolute Gasteiger partial charge is 0.263 e. The first-order chi connectivity index (χ1) is 8.97. The first-order valence-electron chi connectivity index (χ1n) is 5.97. The maximum absolute atomic E-state index is 12.8. The third kappa shape index (κ3) is 3.17. The molecule has 100 valence electrons. The topological polar surface area (TPSA) is 42.0 Å². The second-order valence-corrected chi connectivity index (χ2v) is 5.60. The summed E-state index contributed by atoms with van der Waals surface area (Å²) in [6.45, 7) is 5.56. The SMILES string of the molecule is Cc1nc(C)c(C(=O)NC(C)c2ccc(F)cc2)s1. The Labute approximate surface area is 115 Å². The summed E-state index contributed by atoms with van der Waals surface area (Å²) in [6, 6.07) is 5.95. The summed E-state index contributed by atoms with van der Waals surface area (Å²) >= 11 is 1.38. The fourth-order valence-corrected chi connectivity index (χ4v) is 2.66. The molecular formula is C14H15FN2OS. The molecule has 0 aliphatic rings. The van der Waals surface area contributed by atoms with Crippen molar-refractivity contribution in [2.24, 2.45) is 0 Å². The van der Waals surface area contributed by atoms with Gasteiger partial charge in [0.15, 0.2) is 0 Å². The minimum atomic E-state index is -0.281. The van der Waals surface area contributed by atoms with Gasteiger partial charge in [-0.15, -0.1) is 11.3 Å². The van der Waals surface area contributed by atoms with Gasteiger partial charge >= 0.3 is 0 Å². The van der Waals surface area contributed by atoms with Crippen molar-refractivity contribution < 1.29 is 9.18 Å². The second-order valence-electron chi connectivity index (χ2n) is 4.39. The quantitative estimate of drug-likeness (QED) is 0.935. The lowest BCUT2D eigenvalue weighted by atomic mass is 10.1. The third-order valence-electron chi connectivity index (χ3n) is 2.83. The van der Waals surface area contributed by atoms with E-state index in [0.717, 1.165) is 16.3 Å². The van der Waals surface area contributed by atoms with Gasteiger partial charge in [0.1, 0.15) is 10.7 Å². The van der Waals surface area contributed by atoms with Gasteiger partial charge in [0, 0.05) is 0 Å². The molecule has 5 heteroatoms. The molecule has 1 amide bonds. The molecule has 1 aromatic carbocycles. The maximum atomic E-state index is 12.8. The van der Waals surface area contributed by atoms with E-state index in [2.05, 4.69) is 10.3 Å². The number of hydrogen-bond acceptors (Lipinski definition) is 3. The van der Waals surface area contributed by atoms with Crippen LogP contribution in [0.25, 0.3) is 0 Å². The number of rotatable bonds is 3. The molecule has 1 unspecified atom stereocenters. The first-order valence-corrected chi connectivity index (χ1v) is 6.79. The number of aryl methyl sites for hydroxylation is 2. The molecule has 0 aliphatic heterocycles. The van der Waals surface area contributed by atoms with Gasteiger partial charge in [-0.25, -0.2) is 9.37 Å². The summed E-state index contributed by atoms with van der Waals surface area (Å²) in [7, 11) is 0. The Kier molecular flexibility index (Phi) is 3.95. The van der Waals surface area contributed by atoms with Crippen molar-refractivity contribution in [2.75, 3.05) is 0 Å². The summed E-state index contributed by atoms with van der Waals surface area (Å²) in [6.07, 6.45) is 0. The van der Waals surface area contributed by atoms with Gasteiger partial charge < -0.3 is 5.32 Å². The molecule has 0 saturated carbocycles. The summed E-state index contributed by atoms with van der Waals surface area (Å²) in [5, 5.41) is 3.77. The molecule has 0 bridgehead atoms. The van der Waals surface area contributed by atoms with E-state index in [0.29, 0.717) is 4.88 Å². The zero-order chi connectivity index (χ0) is 14.0. The van der Waals surface area contributed by atoms with Gasteiger partial charge in [-0.3, -0.25) is 4.79 Å². The molecule has 1 heterocycles. The van der Waals surface area contributed by atoms with Crippen LogP contribution in [0.3, 0.4) is 0 Å². The van der Waals surface area contributed by atoms with Crippen LogP contribution in [0, 0.1) is 19.7 Å². The van der Waals surface area contributed by atoms with Crippen molar-refractivity contribution in [1.82, 2.24) is 10.3 Å². The van der Waals surface area contributed by atoms with Crippen LogP contribution in [0.2, 0.25) is 0 Å². The molecule has 0 saturated heterocycles. The molecule has 0 aliphatic carbocycles. The average molecular weight is 278 g/mol. The molecule has 0 radical (unpaired) electrons. The van der Waals surface area contributed by atoms with Crippen LogP contribution in [0.5, 0.6) is 0 Å². The Hall–Kier alpha value is -1.75. The molecule has 1 N–H and O–H groups in total. The Morgan fingerprint density at radius 1 is 1.32 bits per heavy atom. The van der Waals surface area contributed by atoms with Gasteiger partial charge in [-0.2, -0.15) is 0 Å². The van der Waals surface area contributed by atoms with Crippen molar-refractivity contribution in [1.29, 1.82) is 0 Å². The van der Waals surface area contributed by atoms with E-state index in [9.17, 15) is 9.18 Å². The van der Waals surface area contributed by atoms with Crippen molar-refractivity contribution >= 4 is 17.2 Å². The van der Waals surface area contributed by atoms with Crippen LogP contribution in [-0.4, -0.2) is 10.9 Å². The predicted molar refractivity (Wildman–Crippen MR) is 73.9 cm³/mol. The number of amides is 1. The fourth-order valence-electron chi connectivity index (χ4n) is 1.84. The molecule has 1 aromatic heterocycles. The number of hydrogen-bond donors (Lipinski definition) is 1. The number of nitrogens with zero attached hydrogens (tertiary/aromatic N) is 1. The van der Waals surface area contributed by atoms with Gasteiger partial charge in [0.2, 0.25) is 0 Å². The normalized spacial score (nSPS) is 12.2. The minimum absolute atomic E-state index is 0.139. The zero-order valence-electron chi connectivity index (χ0n) is 11.0. The van der Waals surface area contributed by atoms with Crippen molar-refractivity contribution in [2.45, 2.75) is 26.8 Å². The molecule has 3 nitrogen and oxygen atoms in total. The minimum Gasteiger partial charge on any atom is -0.345 e. The van der Waals surface area contributed by atoms with Crippen LogP contribution in [0.4, 0.5) is 4.39 Å². The van der Waals surface area contributed by atoms with E-state index in [1.807, 2.05) is 20.8 Å². The lowest BCUT2D eigenvalue weighted by Crippen LogP contribution is -2.26. The Bertz CT molecular complexity index is 592. The van der Waals surface area contributed by atoms with E-state index in [1.54, 1.807) is 12.1 Å². The average Bonchev–Trinajstić information content (AvgIpc) is 2.69. The van der Waals surface area contributed by atoms with Crippen molar-refractivity contribution in [3.63, 3.8) is 0 Å². The highest BCUT2D eigenvalue weighted by Crippen LogP contribution is 2.19. The first kappa shape index (κ1) is 13.7. The molecule has 1 atom stereocenters. The van der Waals surface area contributed by atoms with Crippen LogP contribution in [0.1, 0.15) is 38.9 Å². The van der Waals surface area contributed by atoms with Crippen LogP contribution in [-0.2, 0) is 0 Å². The molecule has 0 fully saturated rings. The van der Waals surface area contributed by atoms with E-state index in [-0.39, 0.29) is 17.8 Å². The summed E-state index contributed by atoms with van der Waals surface area (Å²) in [4.78, 5) is 17.0. The van der Waals surface area contributed by atoms with E-state index in [4.69, 9.17) is 0 Å². The van der Waals surface area contributed by atoms with Crippen LogP contribution >= 0.6 is 11.3 Å². The number of carbonyl (C=O) groups excluding carboxylic acids is 1. The monoisotopic (exact) mass is 278 g/mol. The lowest BCUT2D eigenvalue weighted by Gasteiger charge is -2.13. The Balaban J connectivity index is 2.10. The van der Waals surface area contributed by atoms with E-state index >= 15 is 0 Å². The van der Waals surface area contributed by atoms with Gasteiger partial charge in [0.25, 0.3) is 5.91 Å². The molecule has 2 aromatic rings. The fraction of sp³-hybridized carbons (Fsp3) is 0.286. The third-order valence-corrected chi connectivity index (χ3v) is 3.90. The molecule has 2 rings (SSSR count). The number of nitrogens with one attached hydrogen (secondary N) is 1. The summed E-state index contributed by atoms with van der Waals surface area (Å²) in [5.74, 6) is -0.420. The number of thiazole rings is 1. The second kappa shape index (κ2) is 5.48. The largest absolute Gasteiger partial charge is 0.345 e. The van der Waals surface area contributed by atoms with Crippen molar-refractivity contribution in [3.05, 3.63) is 51.2 Å². The van der Waals surface area contributed by atoms with Crippen molar-refractivity contribution in [3.8, 4) is 0 Å². The highest BCUT2D eigenvalue weighted by molar-refractivity contribution is 7.13. The molecular weight excluding hydrogens is 263 g/mol. The number of carbonyl (C=O) groups is 1. The van der Waals surface area contributed by atoms with Crippen LogP contribution in [0.15, 0.2) is 24.3 Å². The number of aromatic nitrogens is 1. The Morgan fingerprint density at radius 2 is 1.95 bits per heavy atom. The lowest BCUT2D eigenvalue weighted by molar-refractivity contribution is 0.0943. The highest BCUT2D eigenvalue weighted by Gasteiger charge is 2.16. The number of benzene rings is 1. The molecule has 19 heavy (non-hydrogen) atoms. The summed E-state index contributed by atoms with van der Waals surface area (Å²) in [5.41, 5.74) is 1.61. The molecule has 0 spiro atoms. The Morgan fingerprint density at radius 3 is 2.47 bits per heavy atom. The zero-order valence-corrected chi connectivity index (χ0v) is 11.8. The predicted octanol–water partition coefficient (Wildman–Crippen LogP) is 3.39. The van der Waals surface area contributed by atoms with Crippen LogP contribution < -0.4 is 5.32 Å². The number of halogens is 1. The van der Waals surface area contributed by atoms with Gasteiger partial charge in [0.05, 0.1) is 16.7 Å². The highest BCUT2D eigenvalue weighted by atomic mass is 32.1. The maximum Gasteiger partial charge on any atom is 0.263 e. The van der Waals surface area contributed by atoms with E-state index < -0.39 is 0 Å². The van der Waals surface area contributed by atoms with Gasteiger partial charge in [-0.05, 0) is 38.5 Å².